The third kappa shape index (κ3) is 2.72. The molecule has 0 aliphatic rings. The van der Waals surface area contributed by atoms with Crippen molar-refractivity contribution in [1.82, 2.24) is 15.3 Å². The van der Waals surface area contributed by atoms with Gasteiger partial charge in [0.05, 0.1) is 6.54 Å². The van der Waals surface area contributed by atoms with Crippen molar-refractivity contribution >= 4 is 23.2 Å². The molecule has 3 N–H and O–H groups in total. The first-order valence-electron chi connectivity index (χ1n) is 5.01. The van der Waals surface area contributed by atoms with Crippen molar-refractivity contribution < 1.29 is 14.0 Å². The average molecular weight is 266 g/mol. The summed E-state index contributed by atoms with van der Waals surface area (Å²) in [5, 5.41) is 5.09. The molecule has 7 nitrogen and oxygen atoms in total. The minimum atomic E-state index is -0.654. The number of hydrogen-bond donors (Lipinski definition) is 2. The monoisotopic (exact) mass is 266 g/mol. The second-order valence-electron chi connectivity index (χ2n) is 3.44. The van der Waals surface area contributed by atoms with Crippen molar-refractivity contribution in [3.63, 3.8) is 0 Å². The maximum atomic E-state index is 10.9. The number of thiazole rings is 1. The average Bonchev–Trinajstić information content (AvgIpc) is 2.95. The number of amides is 2. The lowest BCUT2D eigenvalue weighted by molar-refractivity contribution is -0.119. The highest BCUT2D eigenvalue weighted by atomic mass is 32.1. The second-order valence-corrected chi connectivity index (χ2v) is 4.38. The fourth-order valence-corrected chi connectivity index (χ4v) is 1.90. The van der Waals surface area contributed by atoms with Crippen LogP contribution in [0.5, 0.6) is 0 Å². The zero-order valence-corrected chi connectivity index (χ0v) is 10.3. The van der Waals surface area contributed by atoms with E-state index in [1.807, 2.05) is 0 Å². The molecule has 0 radical (unpaired) electrons. The Bertz CT molecular complexity index is 589. The minimum Gasteiger partial charge on any atom is -0.442 e. The van der Waals surface area contributed by atoms with Crippen molar-refractivity contribution in [3.05, 3.63) is 22.3 Å². The predicted molar refractivity (Wildman–Crippen MR) is 63.6 cm³/mol. The Morgan fingerprint density at radius 1 is 1.50 bits per heavy atom. The van der Waals surface area contributed by atoms with Crippen molar-refractivity contribution in [2.75, 3.05) is 0 Å². The van der Waals surface area contributed by atoms with E-state index in [0.717, 1.165) is 5.01 Å². The molecule has 8 heteroatoms. The van der Waals surface area contributed by atoms with E-state index in [-0.39, 0.29) is 17.5 Å². The van der Waals surface area contributed by atoms with Crippen LogP contribution in [0.15, 0.2) is 16.1 Å². The number of nitrogens with two attached hydrogens (primary N) is 1. The first-order valence-corrected chi connectivity index (χ1v) is 5.89. The zero-order chi connectivity index (χ0) is 13.1. The van der Waals surface area contributed by atoms with E-state index in [9.17, 15) is 9.59 Å². The molecule has 0 spiro atoms. The Balaban J connectivity index is 2.13. The van der Waals surface area contributed by atoms with Crippen LogP contribution in [0.3, 0.4) is 0 Å². The molecule has 2 aromatic heterocycles. The fraction of sp³-hybridized carbons (Fsp3) is 0.200. The molecule has 2 aromatic rings. The Kier molecular flexibility index (Phi) is 3.38. The summed E-state index contributed by atoms with van der Waals surface area (Å²) in [5.74, 6) is -0.549. The van der Waals surface area contributed by atoms with Gasteiger partial charge in [0.15, 0.2) is 5.69 Å². The van der Waals surface area contributed by atoms with Crippen LogP contribution >= 0.6 is 11.3 Å². The van der Waals surface area contributed by atoms with Gasteiger partial charge in [0, 0.05) is 12.3 Å². The highest BCUT2D eigenvalue weighted by Crippen LogP contribution is 2.21. The van der Waals surface area contributed by atoms with Gasteiger partial charge in [-0.05, 0) is 0 Å². The van der Waals surface area contributed by atoms with Crippen molar-refractivity contribution in [1.29, 1.82) is 0 Å². The number of carbonyl (C=O) groups is 2. The zero-order valence-electron chi connectivity index (χ0n) is 9.47. The van der Waals surface area contributed by atoms with Gasteiger partial charge in [0.25, 0.3) is 5.91 Å². The van der Waals surface area contributed by atoms with Crippen LogP contribution in [0.2, 0.25) is 0 Å². The number of carbonyl (C=O) groups excluding carboxylic acids is 2. The molecule has 0 atom stereocenters. The summed E-state index contributed by atoms with van der Waals surface area (Å²) in [7, 11) is 0. The molecular weight excluding hydrogens is 256 g/mol. The van der Waals surface area contributed by atoms with Gasteiger partial charge >= 0.3 is 0 Å². The standard InChI is InChI=1S/C10H10N4O3S/c1-5(15)12-2-8-13-7(4-18-8)10-14-6(3-17-10)9(11)16/h3-4H,2H2,1H3,(H2,11,16)(H,12,15). The Morgan fingerprint density at radius 3 is 2.89 bits per heavy atom. The third-order valence-electron chi connectivity index (χ3n) is 2.02. The van der Waals surface area contributed by atoms with Crippen LogP contribution in [-0.2, 0) is 11.3 Å². The highest BCUT2D eigenvalue weighted by Gasteiger charge is 2.13. The summed E-state index contributed by atoms with van der Waals surface area (Å²) >= 11 is 1.36. The van der Waals surface area contributed by atoms with E-state index in [1.54, 1.807) is 5.38 Å². The van der Waals surface area contributed by atoms with E-state index < -0.39 is 5.91 Å². The van der Waals surface area contributed by atoms with Gasteiger partial charge in [-0.15, -0.1) is 11.3 Å². The van der Waals surface area contributed by atoms with Crippen LogP contribution in [0.1, 0.15) is 22.4 Å². The van der Waals surface area contributed by atoms with Crippen LogP contribution in [0, 0.1) is 0 Å². The summed E-state index contributed by atoms with van der Waals surface area (Å²) in [6.07, 6.45) is 1.19. The van der Waals surface area contributed by atoms with Gasteiger partial charge in [-0.1, -0.05) is 0 Å². The Morgan fingerprint density at radius 2 is 2.28 bits per heavy atom. The topological polar surface area (TPSA) is 111 Å². The predicted octanol–water partition coefficient (Wildman–Crippen LogP) is 0.533. The molecule has 0 unspecified atom stereocenters. The maximum absolute atomic E-state index is 10.9. The van der Waals surface area contributed by atoms with Crippen LogP contribution in [0.25, 0.3) is 11.6 Å². The first-order chi connectivity index (χ1) is 8.56. The molecule has 0 aliphatic carbocycles. The molecule has 18 heavy (non-hydrogen) atoms. The number of primary amides is 1. The lowest BCUT2D eigenvalue weighted by Crippen LogP contribution is -2.18. The summed E-state index contributed by atoms with van der Waals surface area (Å²) in [6, 6.07) is 0. The Labute approximate surface area is 106 Å². The second kappa shape index (κ2) is 4.96. The van der Waals surface area contributed by atoms with Gasteiger partial charge in [0.2, 0.25) is 11.8 Å². The number of oxazole rings is 1. The van der Waals surface area contributed by atoms with Gasteiger partial charge in [-0.2, -0.15) is 0 Å². The molecule has 0 aliphatic heterocycles. The van der Waals surface area contributed by atoms with Crippen LogP contribution in [0.4, 0.5) is 0 Å². The molecule has 94 valence electrons. The van der Waals surface area contributed by atoms with E-state index in [1.165, 1.54) is 24.5 Å². The van der Waals surface area contributed by atoms with Crippen LogP contribution in [-0.4, -0.2) is 21.8 Å². The maximum Gasteiger partial charge on any atom is 0.270 e. The van der Waals surface area contributed by atoms with Gasteiger partial charge in [0.1, 0.15) is 17.0 Å². The van der Waals surface area contributed by atoms with E-state index in [0.29, 0.717) is 12.2 Å². The van der Waals surface area contributed by atoms with Crippen molar-refractivity contribution in [2.24, 2.45) is 5.73 Å². The van der Waals surface area contributed by atoms with Gasteiger partial charge < -0.3 is 15.5 Å². The highest BCUT2D eigenvalue weighted by molar-refractivity contribution is 7.09. The molecular formula is C10H10N4O3S. The van der Waals surface area contributed by atoms with E-state index in [2.05, 4.69) is 15.3 Å². The lowest BCUT2D eigenvalue weighted by Gasteiger charge is -1.95. The minimum absolute atomic E-state index is 0.0569. The largest absolute Gasteiger partial charge is 0.442 e. The van der Waals surface area contributed by atoms with E-state index >= 15 is 0 Å². The smallest absolute Gasteiger partial charge is 0.270 e. The summed E-state index contributed by atoms with van der Waals surface area (Å²) in [6.45, 7) is 1.78. The number of rotatable bonds is 4. The number of nitrogens with zero attached hydrogens (tertiary/aromatic N) is 2. The molecule has 2 rings (SSSR count). The molecule has 2 amide bonds. The summed E-state index contributed by atoms with van der Waals surface area (Å²) in [4.78, 5) is 29.7. The van der Waals surface area contributed by atoms with Crippen molar-refractivity contribution in [3.8, 4) is 11.6 Å². The molecule has 0 bridgehead atoms. The Hall–Kier alpha value is -2.22. The first kappa shape index (κ1) is 12.2. The lowest BCUT2D eigenvalue weighted by atomic mass is 10.4. The molecule has 0 saturated carbocycles. The summed E-state index contributed by atoms with van der Waals surface area (Å²) < 4.78 is 5.10. The van der Waals surface area contributed by atoms with Crippen molar-refractivity contribution in [2.45, 2.75) is 13.5 Å². The molecule has 0 aromatic carbocycles. The van der Waals surface area contributed by atoms with Gasteiger partial charge in [-0.3, -0.25) is 9.59 Å². The summed E-state index contributed by atoms with van der Waals surface area (Å²) in [5.41, 5.74) is 5.63. The SMILES string of the molecule is CC(=O)NCc1nc(-c2nc(C(N)=O)co2)cs1. The molecule has 0 saturated heterocycles. The number of nitrogens with one attached hydrogen (secondary N) is 1. The number of hydrogen-bond acceptors (Lipinski definition) is 6. The fourth-order valence-electron chi connectivity index (χ4n) is 1.19. The molecule has 0 fully saturated rings. The quantitative estimate of drug-likeness (QED) is 0.838. The van der Waals surface area contributed by atoms with Crippen LogP contribution < -0.4 is 11.1 Å². The van der Waals surface area contributed by atoms with Gasteiger partial charge in [-0.25, -0.2) is 9.97 Å². The molecule has 2 heterocycles. The number of aromatic nitrogens is 2. The third-order valence-corrected chi connectivity index (χ3v) is 2.86. The van der Waals surface area contributed by atoms with E-state index in [4.69, 9.17) is 10.2 Å². The normalized spacial score (nSPS) is 10.3.